The zero-order valence-corrected chi connectivity index (χ0v) is 14.8. The molecule has 1 fully saturated rings. The van der Waals surface area contributed by atoms with Crippen LogP contribution in [-0.4, -0.2) is 32.4 Å². The van der Waals surface area contributed by atoms with Crippen molar-refractivity contribution in [3.63, 3.8) is 0 Å². The molecule has 2 heterocycles. The van der Waals surface area contributed by atoms with E-state index in [0.29, 0.717) is 5.69 Å². The number of carbonyl (C=O) groups is 1. The Hall–Kier alpha value is -3.06. The van der Waals surface area contributed by atoms with E-state index < -0.39 is 12.3 Å². The van der Waals surface area contributed by atoms with Crippen LogP contribution < -0.4 is 5.32 Å². The van der Waals surface area contributed by atoms with Crippen molar-refractivity contribution >= 4 is 22.7 Å². The molecule has 0 saturated heterocycles. The first-order valence-electron chi connectivity index (χ1n) is 8.57. The van der Waals surface area contributed by atoms with Crippen molar-refractivity contribution in [3.8, 4) is 11.1 Å². The summed E-state index contributed by atoms with van der Waals surface area (Å²) < 4.78 is 11.1. The fraction of sp³-hybridized carbons (Fsp3) is 0.250. The first kappa shape index (κ1) is 18.7. The summed E-state index contributed by atoms with van der Waals surface area (Å²) in [6.07, 6.45) is 3.37. The molecule has 7 heteroatoms. The van der Waals surface area contributed by atoms with Crippen LogP contribution in [0, 0.1) is 6.92 Å². The van der Waals surface area contributed by atoms with Crippen LogP contribution in [0.2, 0.25) is 0 Å². The van der Waals surface area contributed by atoms with Gasteiger partial charge < -0.3 is 10.2 Å². The average molecular weight is 369 g/mol. The van der Waals surface area contributed by atoms with Gasteiger partial charge in [0, 0.05) is 23.3 Å². The lowest BCUT2D eigenvalue weighted by atomic mass is 9.97. The van der Waals surface area contributed by atoms with E-state index >= 15 is 0 Å². The second kappa shape index (κ2) is 8.09. The maximum absolute atomic E-state index is 11.1. The number of nitrogens with zero attached hydrogens (tertiary/aromatic N) is 2. The van der Waals surface area contributed by atoms with Crippen LogP contribution in [-0.2, 0) is 6.61 Å². The van der Waals surface area contributed by atoms with Crippen LogP contribution in [0.1, 0.15) is 24.1 Å². The molecule has 1 saturated carbocycles. The van der Waals surface area contributed by atoms with E-state index in [1.807, 2.05) is 31.2 Å². The molecule has 0 aliphatic heterocycles. The van der Waals surface area contributed by atoms with E-state index in [0.717, 1.165) is 40.3 Å². The number of pyridine rings is 2. The number of aryl methyl sites for hydroxylation is 1. The highest BCUT2D eigenvalue weighted by Gasteiger charge is 2.18. The van der Waals surface area contributed by atoms with Crippen molar-refractivity contribution in [1.82, 2.24) is 9.97 Å². The van der Waals surface area contributed by atoms with Gasteiger partial charge in [0.15, 0.2) is 0 Å². The minimum Gasteiger partial charge on any atom is -0.465 e. The second-order valence-electron chi connectivity index (χ2n) is 6.34. The normalized spacial score (nSPS) is 13.0. The molecule has 6 nitrogen and oxygen atoms in total. The molecular formula is C20H20FN3O3. The van der Waals surface area contributed by atoms with Gasteiger partial charge in [-0.3, -0.25) is 10.3 Å². The number of anilines is 1. The van der Waals surface area contributed by atoms with Crippen molar-refractivity contribution in [2.75, 3.05) is 5.32 Å². The molecule has 0 unspecified atom stereocenters. The number of benzene rings is 1. The summed E-state index contributed by atoms with van der Waals surface area (Å²) in [6.45, 7) is 1.84. The number of nitrogens with one attached hydrogen (secondary N) is 1. The minimum absolute atomic E-state index is 0.130. The largest absolute Gasteiger partial charge is 0.465 e. The SMILES string of the molecule is Cc1ccnc(CO)c1-c1ccc2cc(NC(=O)O)ncc2c1.FC1CC1. The molecule has 2 aromatic heterocycles. The monoisotopic (exact) mass is 369 g/mol. The molecule has 3 aromatic rings. The highest BCUT2D eigenvalue weighted by atomic mass is 19.1. The summed E-state index contributed by atoms with van der Waals surface area (Å²) >= 11 is 0. The van der Waals surface area contributed by atoms with Crippen molar-refractivity contribution in [2.24, 2.45) is 0 Å². The van der Waals surface area contributed by atoms with Gasteiger partial charge in [0.25, 0.3) is 0 Å². The Morgan fingerprint density at radius 1 is 1.22 bits per heavy atom. The zero-order chi connectivity index (χ0) is 19.4. The number of aliphatic hydroxyl groups excluding tert-OH is 1. The lowest BCUT2D eigenvalue weighted by Gasteiger charge is -2.11. The lowest BCUT2D eigenvalue weighted by molar-refractivity contribution is 0.209. The molecule has 0 atom stereocenters. The van der Waals surface area contributed by atoms with E-state index in [2.05, 4.69) is 15.3 Å². The molecule has 1 aliphatic rings. The molecule has 0 spiro atoms. The smallest absolute Gasteiger partial charge is 0.410 e. The Balaban J connectivity index is 0.000000466. The quantitative estimate of drug-likeness (QED) is 0.639. The van der Waals surface area contributed by atoms with Crippen LogP contribution in [0.4, 0.5) is 15.0 Å². The number of aliphatic hydroxyl groups is 1. The van der Waals surface area contributed by atoms with Gasteiger partial charge in [-0.25, -0.2) is 14.2 Å². The van der Waals surface area contributed by atoms with Crippen LogP contribution >= 0.6 is 0 Å². The van der Waals surface area contributed by atoms with Crippen LogP contribution in [0.5, 0.6) is 0 Å². The van der Waals surface area contributed by atoms with Gasteiger partial charge in [0.2, 0.25) is 0 Å². The first-order valence-corrected chi connectivity index (χ1v) is 8.57. The van der Waals surface area contributed by atoms with Crippen molar-refractivity contribution in [1.29, 1.82) is 0 Å². The van der Waals surface area contributed by atoms with E-state index in [9.17, 15) is 14.3 Å². The Kier molecular flexibility index (Phi) is 5.61. The Morgan fingerprint density at radius 2 is 1.96 bits per heavy atom. The Labute approximate surface area is 155 Å². The summed E-state index contributed by atoms with van der Waals surface area (Å²) in [5, 5.41) is 22.2. The zero-order valence-electron chi connectivity index (χ0n) is 14.8. The van der Waals surface area contributed by atoms with E-state index in [1.165, 1.54) is 0 Å². The summed E-state index contributed by atoms with van der Waals surface area (Å²) in [5.41, 5.74) is 3.50. The third-order valence-corrected chi connectivity index (χ3v) is 4.14. The number of hydrogen-bond donors (Lipinski definition) is 3. The summed E-state index contributed by atoms with van der Waals surface area (Å²) in [4.78, 5) is 19.0. The van der Waals surface area contributed by atoms with Crippen molar-refractivity contribution in [3.05, 3.63) is 54.0 Å². The number of aromatic nitrogens is 2. The predicted molar refractivity (Wildman–Crippen MR) is 101 cm³/mol. The highest BCUT2D eigenvalue weighted by molar-refractivity contribution is 5.91. The molecule has 4 rings (SSSR count). The molecule has 0 radical (unpaired) electrons. The molecule has 27 heavy (non-hydrogen) atoms. The highest BCUT2D eigenvalue weighted by Crippen LogP contribution is 2.29. The molecular weight excluding hydrogens is 349 g/mol. The molecule has 140 valence electrons. The molecule has 1 amide bonds. The van der Waals surface area contributed by atoms with Gasteiger partial charge in [-0.1, -0.05) is 12.1 Å². The second-order valence-corrected chi connectivity index (χ2v) is 6.34. The summed E-state index contributed by atoms with van der Waals surface area (Å²) in [6, 6.07) is 9.35. The Bertz CT molecular complexity index is 974. The molecule has 0 bridgehead atoms. The number of halogens is 1. The minimum atomic E-state index is -1.15. The Morgan fingerprint density at radius 3 is 2.59 bits per heavy atom. The van der Waals surface area contributed by atoms with Crippen molar-refractivity contribution < 1.29 is 19.4 Å². The fourth-order valence-electron chi connectivity index (χ4n) is 2.67. The topological polar surface area (TPSA) is 95.3 Å². The standard InChI is InChI=1S/C17H15N3O3.C3H5F/c1-10-4-5-18-14(9-21)16(10)12-3-2-11-7-15(20-17(22)23)19-8-13(11)6-12;4-3-1-2-3/h2-8,21H,9H2,1H3,(H,19,20)(H,22,23);3H,1-2H2. The van der Waals surface area contributed by atoms with Crippen LogP contribution in [0.3, 0.4) is 0 Å². The number of carboxylic acid groups (broad SMARTS) is 1. The number of amides is 1. The molecule has 1 aromatic carbocycles. The fourth-order valence-corrected chi connectivity index (χ4v) is 2.67. The molecule has 1 aliphatic carbocycles. The van der Waals surface area contributed by atoms with E-state index in [1.54, 1.807) is 18.5 Å². The number of alkyl halides is 1. The van der Waals surface area contributed by atoms with Gasteiger partial charge >= 0.3 is 6.09 Å². The predicted octanol–water partition coefficient (Wildman–Crippen LogP) is 4.31. The number of fused-ring (bicyclic) bond motifs is 1. The van der Waals surface area contributed by atoms with Crippen LogP contribution in [0.25, 0.3) is 21.9 Å². The van der Waals surface area contributed by atoms with Gasteiger partial charge in [0.1, 0.15) is 12.0 Å². The van der Waals surface area contributed by atoms with Gasteiger partial charge in [-0.2, -0.15) is 0 Å². The van der Waals surface area contributed by atoms with E-state index in [-0.39, 0.29) is 12.4 Å². The third-order valence-electron chi connectivity index (χ3n) is 4.14. The third kappa shape index (κ3) is 4.77. The maximum atomic E-state index is 11.1. The van der Waals surface area contributed by atoms with Gasteiger partial charge in [-0.15, -0.1) is 0 Å². The maximum Gasteiger partial charge on any atom is 0.410 e. The van der Waals surface area contributed by atoms with Crippen LogP contribution in [0.15, 0.2) is 42.7 Å². The van der Waals surface area contributed by atoms with Gasteiger partial charge in [0.05, 0.1) is 12.3 Å². The van der Waals surface area contributed by atoms with E-state index in [4.69, 9.17) is 5.11 Å². The number of rotatable bonds is 3. The lowest BCUT2D eigenvalue weighted by Crippen LogP contribution is -2.08. The van der Waals surface area contributed by atoms with Crippen molar-refractivity contribution in [2.45, 2.75) is 32.5 Å². The summed E-state index contributed by atoms with van der Waals surface area (Å²) in [5.74, 6) is 0.284. The average Bonchev–Trinajstić information content (AvgIpc) is 3.43. The van der Waals surface area contributed by atoms with Gasteiger partial charge in [-0.05, 0) is 54.5 Å². The number of hydrogen-bond acceptors (Lipinski definition) is 4. The summed E-state index contributed by atoms with van der Waals surface area (Å²) in [7, 11) is 0. The first-order chi connectivity index (χ1) is 13.0. The molecule has 3 N–H and O–H groups in total.